The summed E-state index contributed by atoms with van der Waals surface area (Å²) < 4.78 is 2.90. The van der Waals surface area contributed by atoms with Crippen LogP contribution < -0.4 is 10.9 Å². The number of rotatable bonds is 3. The molecule has 0 aliphatic heterocycles. The average Bonchev–Trinajstić information content (AvgIpc) is 2.94. The monoisotopic (exact) mass is 325 g/mol. The molecule has 0 fully saturated rings. The fraction of sp³-hybridized carbons (Fsp3) is 0.294. The third kappa shape index (κ3) is 3.19. The van der Waals surface area contributed by atoms with Crippen LogP contribution in [-0.2, 0) is 11.3 Å². The molecule has 1 amide bonds. The Bertz CT molecular complexity index is 935. The molecule has 0 aliphatic rings. The number of fused-ring (bicyclic) bond motifs is 1. The van der Waals surface area contributed by atoms with Crippen LogP contribution in [0.3, 0.4) is 0 Å². The second-order valence-electron chi connectivity index (χ2n) is 6.61. The van der Waals surface area contributed by atoms with Gasteiger partial charge in [-0.05, 0) is 32.9 Å². The summed E-state index contributed by atoms with van der Waals surface area (Å²) in [5, 5.41) is 7.45. The zero-order valence-electron chi connectivity index (χ0n) is 13.9. The molecule has 0 unspecified atom stereocenters. The Labute approximate surface area is 138 Å². The van der Waals surface area contributed by atoms with E-state index in [1.165, 1.54) is 17.1 Å². The molecule has 0 aliphatic carbocycles. The first-order chi connectivity index (χ1) is 11.3. The maximum atomic E-state index is 12.6. The lowest BCUT2D eigenvalue weighted by molar-refractivity contribution is -0.123. The molecular formula is C17H19N5O2. The quantitative estimate of drug-likeness (QED) is 0.791. The molecule has 2 aromatic heterocycles. The van der Waals surface area contributed by atoms with Crippen molar-refractivity contribution in [3.05, 3.63) is 53.2 Å². The molecule has 124 valence electrons. The largest absolute Gasteiger partial charge is 0.350 e. The van der Waals surface area contributed by atoms with Gasteiger partial charge in [-0.15, -0.1) is 0 Å². The van der Waals surface area contributed by atoms with E-state index in [2.05, 4.69) is 15.4 Å². The topological polar surface area (TPSA) is 81.8 Å². The van der Waals surface area contributed by atoms with Gasteiger partial charge in [0.15, 0.2) is 5.65 Å². The van der Waals surface area contributed by atoms with Crippen molar-refractivity contribution < 1.29 is 4.79 Å². The number of carbonyl (C=O) groups excluding carboxylic acids is 1. The molecule has 3 aromatic rings. The third-order valence-electron chi connectivity index (χ3n) is 3.38. The van der Waals surface area contributed by atoms with Gasteiger partial charge in [-0.2, -0.15) is 5.10 Å². The van der Waals surface area contributed by atoms with Crippen molar-refractivity contribution >= 4 is 16.9 Å². The number of amides is 1. The fourth-order valence-electron chi connectivity index (χ4n) is 2.43. The predicted octanol–water partition coefficient (Wildman–Crippen LogP) is 1.50. The minimum absolute atomic E-state index is 0.0738. The number of hydrogen-bond donors (Lipinski definition) is 1. The van der Waals surface area contributed by atoms with E-state index in [0.717, 1.165) is 5.69 Å². The Balaban J connectivity index is 1.96. The Hall–Kier alpha value is -2.96. The van der Waals surface area contributed by atoms with E-state index in [-0.39, 0.29) is 23.6 Å². The van der Waals surface area contributed by atoms with Gasteiger partial charge >= 0.3 is 0 Å². The summed E-state index contributed by atoms with van der Waals surface area (Å²) >= 11 is 0. The minimum Gasteiger partial charge on any atom is -0.350 e. The van der Waals surface area contributed by atoms with Crippen molar-refractivity contribution in [3.8, 4) is 5.69 Å². The molecule has 0 spiro atoms. The molecule has 1 N–H and O–H groups in total. The first-order valence-corrected chi connectivity index (χ1v) is 7.65. The first kappa shape index (κ1) is 15.9. The Kier molecular flexibility index (Phi) is 3.92. The molecule has 7 heteroatoms. The van der Waals surface area contributed by atoms with E-state index in [1.807, 2.05) is 51.1 Å². The summed E-state index contributed by atoms with van der Waals surface area (Å²) in [7, 11) is 0. The first-order valence-electron chi connectivity index (χ1n) is 7.65. The minimum atomic E-state index is -0.351. The van der Waals surface area contributed by atoms with E-state index in [1.54, 1.807) is 4.68 Å². The van der Waals surface area contributed by atoms with Gasteiger partial charge < -0.3 is 5.32 Å². The van der Waals surface area contributed by atoms with Crippen molar-refractivity contribution in [1.29, 1.82) is 0 Å². The van der Waals surface area contributed by atoms with Crippen molar-refractivity contribution in [1.82, 2.24) is 24.6 Å². The van der Waals surface area contributed by atoms with Gasteiger partial charge in [0.2, 0.25) is 5.91 Å². The second kappa shape index (κ2) is 5.92. The number of hydrogen-bond acceptors (Lipinski definition) is 4. The Morgan fingerprint density at radius 2 is 1.92 bits per heavy atom. The number of nitrogens with one attached hydrogen (secondary N) is 1. The molecule has 7 nitrogen and oxygen atoms in total. The second-order valence-corrected chi connectivity index (χ2v) is 6.61. The normalized spacial score (nSPS) is 11.6. The van der Waals surface area contributed by atoms with E-state index in [0.29, 0.717) is 11.0 Å². The third-order valence-corrected chi connectivity index (χ3v) is 3.38. The summed E-state index contributed by atoms with van der Waals surface area (Å²) in [4.78, 5) is 28.9. The van der Waals surface area contributed by atoms with Gasteiger partial charge in [0.25, 0.3) is 5.56 Å². The molecule has 0 atom stereocenters. The predicted molar refractivity (Wildman–Crippen MR) is 91.0 cm³/mol. The summed E-state index contributed by atoms with van der Waals surface area (Å²) in [5.41, 5.74) is 0.656. The number of carbonyl (C=O) groups is 1. The highest BCUT2D eigenvalue weighted by atomic mass is 16.2. The zero-order valence-corrected chi connectivity index (χ0v) is 13.9. The highest BCUT2D eigenvalue weighted by Gasteiger charge is 2.16. The van der Waals surface area contributed by atoms with Crippen molar-refractivity contribution in [2.45, 2.75) is 32.9 Å². The van der Waals surface area contributed by atoms with Crippen LogP contribution in [0.15, 0.2) is 47.7 Å². The van der Waals surface area contributed by atoms with Gasteiger partial charge in [0.05, 0.1) is 11.9 Å². The number of benzene rings is 1. The van der Waals surface area contributed by atoms with Gasteiger partial charge in [-0.1, -0.05) is 18.2 Å². The summed E-state index contributed by atoms with van der Waals surface area (Å²) in [6, 6.07) is 9.46. The molecule has 0 bridgehead atoms. The van der Waals surface area contributed by atoms with Crippen molar-refractivity contribution in [2.75, 3.05) is 0 Å². The molecule has 24 heavy (non-hydrogen) atoms. The standard InChI is InChI=1S/C17H19N5O2/c1-17(2,3)20-14(23)10-21-11-18-15-13(16(21)24)9-19-22(15)12-7-5-4-6-8-12/h4-9,11H,10H2,1-3H3,(H,20,23). The average molecular weight is 325 g/mol. The maximum Gasteiger partial charge on any atom is 0.264 e. The van der Waals surface area contributed by atoms with Crippen LogP contribution in [0.1, 0.15) is 20.8 Å². The van der Waals surface area contributed by atoms with Crippen LogP contribution in [0.4, 0.5) is 0 Å². The van der Waals surface area contributed by atoms with Gasteiger partial charge in [0, 0.05) is 5.54 Å². The lowest BCUT2D eigenvalue weighted by Crippen LogP contribution is -2.43. The summed E-state index contributed by atoms with van der Waals surface area (Å²) in [5.74, 6) is -0.235. The zero-order chi connectivity index (χ0) is 17.3. The smallest absolute Gasteiger partial charge is 0.264 e. The SMILES string of the molecule is CC(C)(C)NC(=O)Cn1cnc2c(cnn2-c2ccccc2)c1=O. The molecular weight excluding hydrogens is 306 g/mol. The van der Waals surface area contributed by atoms with E-state index in [4.69, 9.17) is 0 Å². The van der Waals surface area contributed by atoms with Crippen LogP contribution >= 0.6 is 0 Å². The van der Waals surface area contributed by atoms with Crippen LogP contribution in [0.2, 0.25) is 0 Å². The highest BCUT2D eigenvalue weighted by Crippen LogP contribution is 2.12. The van der Waals surface area contributed by atoms with Crippen LogP contribution in [0, 0.1) is 0 Å². The highest BCUT2D eigenvalue weighted by molar-refractivity contribution is 5.78. The number of para-hydroxylation sites is 1. The molecule has 3 rings (SSSR count). The van der Waals surface area contributed by atoms with Crippen molar-refractivity contribution in [2.24, 2.45) is 0 Å². The Morgan fingerprint density at radius 1 is 1.21 bits per heavy atom. The molecule has 0 saturated carbocycles. The fourth-order valence-corrected chi connectivity index (χ4v) is 2.43. The van der Waals surface area contributed by atoms with Gasteiger partial charge in [-0.3, -0.25) is 14.2 Å². The van der Waals surface area contributed by atoms with Crippen LogP contribution in [0.5, 0.6) is 0 Å². The molecule has 0 radical (unpaired) electrons. The Morgan fingerprint density at radius 3 is 2.58 bits per heavy atom. The van der Waals surface area contributed by atoms with E-state index in [9.17, 15) is 9.59 Å². The van der Waals surface area contributed by atoms with Crippen molar-refractivity contribution in [3.63, 3.8) is 0 Å². The molecule has 2 heterocycles. The van der Waals surface area contributed by atoms with Gasteiger partial charge in [-0.25, -0.2) is 9.67 Å². The lowest BCUT2D eigenvalue weighted by Gasteiger charge is -2.20. The number of aromatic nitrogens is 4. The lowest BCUT2D eigenvalue weighted by atomic mass is 10.1. The molecule has 1 aromatic carbocycles. The number of nitrogens with zero attached hydrogens (tertiary/aromatic N) is 4. The summed E-state index contributed by atoms with van der Waals surface area (Å²) in [6.07, 6.45) is 2.86. The van der Waals surface area contributed by atoms with Crippen LogP contribution in [-0.4, -0.2) is 30.8 Å². The van der Waals surface area contributed by atoms with Crippen LogP contribution in [0.25, 0.3) is 16.7 Å². The van der Waals surface area contributed by atoms with E-state index < -0.39 is 0 Å². The molecule has 0 saturated heterocycles. The van der Waals surface area contributed by atoms with E-state index >= 15 is 0 Å². The van der Waals surface area contributed by atoms with Gasteiger partial charge in [0.1, 0.15) is 18.3 Å². The maximum absolute atomic E-state index is 12.6. The summed E-state index contributed by atoms with van der Waals surface area (Å²) in [6.45, 7) is 5.59.